The summed E-state index contributed by atoms with van der Waals surface area (Å²) < 4.78 is 0. The molecule has 29 heavy (non-hydrogen) atoms. The number of nitrogens with one attached hydrogen (secondary N) is 1. The van der Waals surface area contributed by atoms with Crippen molar-refractivity contribution in [1.82, 2.24) is 10.2 Å². The normalized spacial score (nSPS) is 12.9. The first kappa shape index (κ1) is 22.7. The molecular weight excluding hydrogens is 360 g/mol. The van der Waals surface area contributed by atoms with Crippen LogP contribution in [0, 0.1) is 13.8 Å². The summed E-state index contributed by atoms with van der Waals surface area (Å²) in [6.45, 7) is 10.4. The van der Waals surface area contributed by atoms with Gasteiger partial charge in [0.25, 0.3) is 0 Å². The summed E-state index contributed by atoms with van der Waals surface area (Å²) in [6.07, 6.45) is 1.89. The minimum Gasteiger partial charge on any atom is -0.352 e. The van der Waals surface area contributed by atoms with E-state index in [-0.39, 0.29) is 17.9 Å². The van der Waals surface area contributed by atoms with Crippen molar-refractivity contribution in [2.24, 2.45) is 0 Å². The van der Waals surface area contributed by atoms with Crippen molar-refractivity contribution in [2.45, 2.75) is 66.0 Å². The number of carbonyl (C=O) groups is 2. The van der Waals surface area contributed by atoms with E-state index in [2.05, 4.69) is 29.6 Å². The summed E-state index contributed by atoms with van der Waals surface area (Å²) in [5.41, 5.74) is 4.42. The molecule has 1 N–H and O–H groups in total. The lowest BCUT2D eigenvalue weighted by atomic mass is 10.0. The first-order valence-corrected chi connectivity index (χ1v) is 10.5. The molecule has 0 aliphatic heterocycles. The van der Waals surface area contributed by atoms with Crippen LogP contribution in [0.2, 0.25) is 0 Å². The van der Waals surface area contributed by atoms with Crippen LogP contribution in [0.1, 0.15) is 49.4 Å². The van der Waals surface area contributed by atoms with Crippen LogP contribution in [0.25, 0.3) is 0 Å². The first-order valence-electron chi connectivity index (χ1n) is 10.5. The molecule has 2 aromatic rings. The number of aryl methyl sites for hydroxylation is 2. The van der Waals surface area contributed by atoms with Gasteiger partial charge in [-0.2, -0.15) is 0 Å². The Balaban J connectivity index is 2.18. The molecule has 0 saturated carbocycles. The van der Waals surface area contributed by atoms with Crippen LogP contribution in [0.5, 0.6) is 0 Å². The van der Waals surface area contributed by atoms with Gasteiger partial charge in [0.2, 0.25) is 11.8 Å². The van der Waals surface area contributed by atoms with Gasteiger partial charge in [-0.3, -0.25) is 9.59 Å². The Hall–Kier alpha value is -2.62. The Morgan fingerprint density at radius 2 is 1.72 bits per heavy atom. The van der Waals surface area contributed by atoms with Crippen molar-refractivity contribution in [3.8, 4) is 0 Å². The molecule has 0 radical (unpaired) electrons. The second kappa shape index (κ2) is 10.8. The Bertz CT molecular complexity index is 817. The maximum Gasteiger partial charge on any atom is 0.242 e. The van der Waals surface area contributed by atoms with E-state index in [1.54, 1.807) is 4.90 Å². The Morgan fingerprint density at radius 1 is 1.03 bits per heavy atom. The molecule has 4 heteroatoms. The molecular formula is C25H34N2O2. The van der Waals surface area contributed by atoms with Gasteiger partial charge in [-0.1, -0.05) is 61.0 Å². The van der Waals surface area contributed by atoms with Gasteiger partial charge in [0.15, 0.2) is 0 Å². The molecule has 0 aliphatic rings. The van der Waals surface area contributed by atoms with Crippen LogP contribution in [0.15, 0.2) is 48.5 Å². The summed E-state index contributed by atoms with van der Waals surface area (Å²) in [6, 6.07) is 15.8. The second-order valence-corrected chi connectivity index (χ2v) is 7.92. The largest absolute Gasteiger partial charge is 0.352 e. The van der Waals surface area contributed by atoms with Gasteiger partial charge >= 0.3 is 0 Å². The zero-order valence-electron chi connectivity index (χ0n) is 18.4. The molecule has 2 atom stereocenters. The third-order valence-corrected chi connectivity index (χ3v) is 5.50. The lowest BCUT2D eigenvalue weighted by Gasteiger charge is -2.30. The highest BCUT2D eigenvalue weighted by Crippen LogP contribution is 2.15. The molecule has 0 unspecified atom stereocenters. The molecule has 4 nitrogen and oxygen atoms in total. The summed E-state index contributed by atoms with van der Waals surface area (Å²) in [5.74, 6) is -0.108. The SMILES string of the molecule is CC[C@H](C)NC(=O)[C@@H](C)N(CCc1ccccc1)C(=O)Cc1cc(C)ccc1C. The molecule has 0 aromatic heterocycles. The number of carbonyl (C=O) groups excluding carboxylic acids is 2. The zero-order valence-corrected chi connectivity index (χ0v) is 18.4. The smallest absolute Gasteiger partial charge is 0.242 e. The number of benzene rings is 2. The van der Waals surface area contributed by atoms with Gasteiger partial charge in [0.05, 0.1) is 6.42 Å². The van der Waals surface area contributed by atoms with Crippen LogP contribution in [0.3, 0.4) is 0 Å². The summed E-state index contributed by atoms with van der Waals surface area (Å²) in [5, 5.41) is 3.01. The summed E-state index contributed by atoms with van der Waals surface area (Å²) in [4.78, 5) is 27.7. The van der Waals surface area contributed by atoms with Crippen LogP contribution in [-0.2, 0) is 22.4 Å². The van der Waals surface area contributed by atoms with Gasteiger partial charge in [0, 0.05) is 12.6 Å². The maximum atomic E-state index is 13.2. The second-order valence-electron chi connectivity index (χ2n) is 7.92. The average molecular weight is 395 g/mol. The predicted molar refractivity (Wildman–Crippen MR) is 119 cm³/mol. The molecule has 2 amide bonds. The quantitative estimate of drug-likeness (QED) is 0.692. The maximum absolute atomic E-state index is 13.2. The molecule has 2 aromatic carbocycles. The minimum atomic E-state index is -0.509. The van der Waals surface area contributed by atoms with E-state index in [0.717, 1.165) is 35.1 Å². The van der Waals surface area contributed by atoms with E-state index >= 15 is 0 Å². The molecule has 156 valence electrons. The van der Waals surface area contributed by atoms with Gasteiger partial charge < -0.3 is 10.2 Å². The van der Waals surface area contributed by atoms with Gasteiger partial charge in [-0.15, -0.1) is 0 Å². The third-order valence-electron chi connectivity index (χ3n) is 5.50. The van der Waals surface area contributed by atoms with E-state index in [0.29, 0.717) is 13.0 Å². The Labute approximate surface area is 175 Å². The fraction of sp³-hybridized carbons (Fsp3) is 0.440. The number of rotatable bonds is 9. The molecule has 0 fully saturated rings. The lowest BCUT2D eigenvalue weighted by molar-refractivity contribution is -0.139. The molecule has 0 aliphatic carbocycles. The lowest BCUT2D eigenvalue weighted by Crippen LogP contribution is -2.51. The van der Waals surface area contributed by atoms with Crippen molar-refractivity contribution >= 4 is 11.8 Å². The molecule has 0 saturated heterocycles. The van der Waals surface area contributed by atoms with Crippen molar-refractivity contribution in [2.75, 3.05) is 6.54 Å². The molecule has 0 heterocycles. The fourth-order valence-corrected chi connectivity index (χ4v) is 3.29. The number of amides is 2. The van der Waals surface area contributed by atoms with Gasteiger partial charge in [0.1, 0.15) is 6.04 Å². The number of hydrogen-bond donors (Lipinski definition) is 1. The van der Waals surface area contributed by atoms with Crippen molar-refractivity contribution in [3.05, 3.63) is 70.8 Å². The Morgan fingerprint density at radius 3 is 2.38 bits per heavy atom. The highest BCUT2D eigenvalue weighted by molar-refractivity contribution is 5.88. The van der Waals surface area contributed by atoms with E-state index in [9.17, 15) is 9.59 Å². The highest BCUT2D eigenvalue weighted by Gasteiger charge is 2.26. The monoisotopic (exact) mass is 394 g/mol. The van der Waals surface area contributed by atoms with Crippen LogP contribution in [-0.4, -0.2) is 35.3 Å². The van der Waals surface area contributed by atoms with Crippen LogP contribution in [0.4, 0.5) is 0 Å². The van der Waals surface area contributed by atoms with E-state index in [4.69, 9.17) is 0 Å². The van der Waals surface area contributed by atoms with Crippen molar-refractivity contribution in [3.63, 3.8) is 0 Å². The first-order chi connectivity index (χ1) is 13.8. The number of hydrogen-bond acceptors (Lipinski definition) is 2. The molecule has 2 rings (SSSR count). The third kappa shape index (κ3) is 6.74. The predicted octanol–water partition coefficient (Wildman–Crippen LogP) is 4.22. The highest BCUT2D eigenvalue weighted by atomic mass is 16.2. The molecule has 0 spiro atoms. The number of nitrogens with zero attached hydrogens (tertiary/aromatic N) is 1. The minimum absolute atomic E-state index is 0.0126. The average Bonchev–Trinajstić information content (AvgIpc) is 2.71. The summed E-state index contributed by atoms with van der Waals surface area (Å²) in [7, 11) is 0. The van der Waals surface area contributed by atoms with E-state index in [1.807, 2.05) is 58.9 Å². The van der Waals surface area contributed by atoms with Crippen molar-refractivity contribution < 1.29 is 9.59 Å². The Kier molecular flexibility index (Phi) is 8.44. The van der Waals surface area contributed by atoms with Crippen LogP contribution >= 0.6 is 0 Å². The standard InChI is InChI=1S/C25H34N2O2/c1-6-20(4)26-25(29)21(5)27(15-14-22-10-8-7-9-11-22)24(28)17-23-16-18(2)12-13-19(23)3/h7-13,16,20-21H,6,14-15,17H2,1-5H3,(H,26,29)/t20-,21+/m0/s1. The van der Waals surface area contributed by atoms with Gasteiger partial charge in [-0.25, -0.2) is 0 Å². The zero-order chi connectivity index (χ0) is 21.4. The van der Waals surface area contributed by atoms with Gasteiger partial charge in [-0.05, 0) is 57.2 Å². The topological polar surface area (TPSA) is 49.4 Å². The van der Waals surface area contributed by atoms with Crippen molar-refractivity contribution in [1.29, 1.82) is 0 Å². The van der Waals surface area contributed by atoms with E-state index < -0.39 is 6.04 Å². The molecule has 0 bridgehead atoms. The fourth-order valence-electron chi connectivity index (χ4n) is 3.29. The summed E-state index contributed by atoms with van der Waals surface area (Å²) >= 11 is 0. The van der Waals surface area contributed by atoms with E-state index in [1.165, 1.54) is 0 Å². The van der Waals surface area contributed by atoms with Crippen LogP contribution < -0.4 is 5.32 Å².